The van der Waals surface area contributed by atoms with Crippen molar-refractivity contribution >= 4 is 29.4 Å². The molecule has 5 rings (SSSR count). The Morgan fingerprint density at radius 1 is 0.949 bits per heavy atom. The molecule has 3 aromatic carbocycles. The maximum atomic E-state index is 13.7. The van der Waals surface area contributed by atoms with Gasteiger partial charge in [0, 0.05) is 12.1 Å². The molecule has 0 radical (unpaired) electrons. The van der Waals surface area contributed by atoms with Crippen molar-refractivity contribution < 1.29 is 38.1 Å². The van der Waals surface area contributed by atoms with Crippen LogP contribution >= 0.6 is 0 Å². The predicted molar refractivity (Wildman–Crippen MR) is 139 cm³/mol. The smallest absolute Gasteiger partial charge is 0.338 e. The zero-order chi connectivity index (χ0) is 27.5. The van der Waals surface area contributed by atoms with Gasteiger partial charge in [-0.1, -0.05) is 6.07 Å². The first kappa shape index (κ1) is 25.8. The van der Waals surface area contributed by atoms with Crippen molar-refractivity contribution in [2.75, 3.05) is 25.4 Å². The number of benzene rings is 3. The monoisotopic (exact) mass is 530 g/mol. The van der Waals surface area contributed by atoms with Crippen molar-refractivity contribution in [3.63, 3.8) is 0 Å². The van der Waals surface area contributed by atoms with E-state index in [1.54, 1.807) is 49.4 Å². The SMILES string of the molecule is CCOC(=O)c1ccc(N2C(=O)CC(N(Cc3ccc4c(c3)OCO4)C(=O)c3ccc(OC)cc3)C2=O)cc1. The van der Waals surface area contributed by atoms with Crippen LogP contribution in [0.2, 0.25) is 0 Å². The minimum atomic E-state index is -1.04. The van der Waals surface area contributed by atoms with Crippen LogP contribution in [-0.2, 0) is 20.9 Å². The normalized spacial score (nSPS) is 15.8. The summed E-state index contributed by atoms with van der Waals surface area (Å²) in [6.45, 7) is 2.09. The van der Waals surface area contributed by atoms with Gasteiger partial charge >= 0.3 is 5.97 Å². The highest BCUT2D eigenvalue weighted by Gasteiger charge is 2.44. The molecule has 39 heavy (non-hydrogen) atoms. The van der Waals surface area contributed by atoms with Crippen LogP contribution in [0, 0.1) is 0 Å². The second-order valence-electron chi connectivity index (χ2n) is 8.90. The van der Waals surface area contributed by atoms with E-state index in [2.05, 4.69) is 0 Å². The van der Waals surface area contributed by atoms with Crippen LogP contribution in [0.3, 0.4) is 0 Å². The van der Waals surface area contributed by atoms with Crippen LogP contribution in [0.4, 0.5) is 5.69 Å². The molecule has 1 saturated heterocycles. The Kier molecular flexibility index (Phi) is 7.18. The van der Waals surface area contributed by atoms with E-state index < -0.39 is 29.7 Å². The molecule has 10 heteroatoms. The van der Waals surface area contributed by atoms with Gasteiger partial charge in [0.2, 0.25) is 12.7 Å². The van der Waals surface area contributed by atoms with Crippen LogP contribution in [0.1, 0.15) is 39.6 Å². The number of fused-ring (bicyclic) bond motifs is 1. The molecule has 0 aromatic heterocycles. The lowest BCUT2D eigenvalue weighted by Crippen LogP contribution is -2.45. The van der Waals surface area contributed by atoms with Gasteiger partial charge in [-0.05, 0) is 73.2 Å². The Bertz CT molecular complexity index is 1420. The number of hydrogen-bond donors (Lipinski definition) is 0. The zero-order valence-corrected chi connectivity index (χ0v) is 21.4. The van der Waals surface area contributed by atoms with Gasteiger partial charge in [-0.3, -0.25) is 14.4 Å². The highest BCUT2D eigenvalue weighted by molar-refractivity contribution is 6.23. The molecule has 1 atom stereocenters. The number of rotatable bonds is 8. The molecule has 0 bridgehead atoms. The standard InChI is InChI=1S/C29H26N2O8/c1-3-37-29(35)20-5-9-21(10-6-20)31-26(32)15-23(28(31)34)30(27(33)19-7-11-22(36-2)12-8-19)16-18-4-13-24-25(14-18)39-17-38-24/h4-14,23H,3,15-17H2,1-2H3. The van der Waals surface area contributed by atoms with Gasteiger partial charge in [-0.25, -0.2) is 9.69 Å². The fourth-order valence-corrected chi connectivity index (χ4v) is 4.55. The van der Waals surface area contributed by atoms with Crippen molar-refractivity contribution in [2.45, 2.75) is 25.9 Å². The Morgan fingerprint density at radius 2 is 1.64 bits per heavy atom. The van der Waals surface area contributed by atoms with Crippen molar-refractivity contribution in [1.82, 2.24) is 4.90 Å². The van der Waals surface area contributed by atoms with E-state index in [0.29, 0.717) is 39.6 Å². The van der Waals surface area contributed by atoms with E-state index in [0.717, 1.165) is 4.90 Å². The molecule has 3 amide bonds. The highest BCUT2D eigenvalue weighted by Crippen LogP contribution is 2.34. The van der Waals surface area contributed by atoms with E-state index in [9.17, 15) is 19.2 Å². The lowest BCUT2D eigenvalue weighted by atomic mass is 10.1. The fraction of sp³-hybridized carbons (Fsp3) is 0.241. The van der Waals surface area contributed by atoms with Gasteiger partial charge in [0.15, 0.2) is 11.5 Å². The number of nitrogens with zero attached hydrogens (tertiary/aromatic N) is 2. The molecule has 0 saturated carbocycles. The van der Waals surface area contributed by atoms with Crippen LogP contribution in [0.15, 0.2) is 66.7 Å². The summed E-state index contributed by atoms with van der Waals surface area (Å²) in [5.41, 5.74) is 1.66. The Labute approximate surface area is 224 Å². The van der Waals surface area contributed by atoms with Gasteiger partial charge in [0.1, 0.15) is 11.8 Å². The summed E-state index contributed by atoms with van der Waals surface area (Å²) in [5.74, 6) is -0.183. The number of carbonyl (C=O) groups is 4. The molecular weight excluding hydrogens is 504 g/mol. The Morgan fingerprint density at radius 3 is 2.33 bits per heavy atom. The summed E-state index contributed by atoms with van der Waals surface area (Å²) < 4.78 is 21.0. The molecule has 200 valence electrons. The molecule has 2 aliphatic heterocycles. The van der Waals surface area contributed by atoms with Crippen LogP contribution in [0.25, 0.3) is 0 Å². The number of ether oxygens (including phenoxy) is 4. The highest BCUT2D eigenvalue weighted by atomic mass is 16.7. The summed E-state index contributed by atoms with van der Waals surface area (Å²) in [4.78, 5) is 54.9. The molecule has 0 aliphatic carbocycles. The van der Waals surface area contributed by atoms with Gasteiger partial charge in [-0.2, -0.15) is 0 Å². The quantitative estimate of drug-likeness (QED) is 0.321. The average Bonchev–Trinajstić information content (AvgIpc) is 3.54. The second-order valence-corrected chi connectivity index (χ2v) is 8.90. The fourth-order valence-electron chi connectivity index (χ4n) is 4.55. The van der Waals surface area contributed by atoms with E-state index in [4.69, 9.17) is 18.9 Å². The van der Waals surface area contributed by atoms with E-state index in [1.807, 2.05) is 0 Å². The predicted octanol–water partition coefficient (Wildman–Crippen LogP) is 3.58. The molecule has 1 unspecified atom stereocenters. The number of esters is 1. The maximum Gasteiger partial charge on any atom is 0.338 e. The van der Waals surface area contributed by atoms with Gasteiger partial charge < -0.3 is 23.8 Å². The van der Waals surface area contributed by atoms with E-state index in [1.165, 1.54) is 36.3 Å². The molecule has 10 nitrogen and oxygen atoms in total. The topological polar surface area (TPSA) is 112 Å². The second kappa shape index (κ2) is 10.9. The Hall–Kier alpha value is -4.86. The first-order valence-corrected chi connectivity index (χ1v) is 12.4. The molecule has 2 heterocycles. The first-order valence-electron chi connectivity index (χ1n) is 12.4. The van der Waals surface area contributed by atoms with Crippen molar-refractivity contribution in [3.8, 4) is 17.2 Å². The zero-order valence-electron chi connectivity index (χ0n) is 21.4. The maximum absolute atomic E-state index is 13.7. The van der Waals surface area contributed by atoms with Crippen molar-refractivity contribution in [1.29, 1.82) is 0 Å². The number of carbonyl (C=O) groups excluding carboxylic acids is 4. The van der Waals surface area contributed by atoms with Gasteiger partial charge in [-0.15, -0.1) is 0 Å². The Balaban J connectivity index is 1.44. The summed E-state index contributed by atoms with van der Waals surface area (Å²) in [6.07, 6.45) is -0.190. The average molecular weight is 531 g/mol. The van der Waals surface area contributed by atoms with Crippen molar-refractivity contribution in [3.05, 3.63) is 83.4 Å². The number of imide groups is 1. The first-order chi connectivity index (χ1) is 18.9. The molecule has 2 aliphatic rings. The minimum absolute atomic E-state index is 0.0564. The van der Waals surface area contributed by atoms with Crippen LogP contribution in [0.5, 0.6) is 17.2 Å². The number of anilines is 1. The lowest BCUT2D eigenvalue weighted by molar-refractivity contribution is -0.122. The molecule has 0 N–H and O–H groups in total. The number of methoxy groups -OCH3 is 1. The summed E-state index contributed by atoms with van der Waals surface area (Å²) in [6, 6.07) is 16.8. The van der Waals surface area contributed by atoms with Gasteiger partial charge in [0.25, 0.3) is 11.8 Å². The molecule has 1 fully saturated rings. The third-order valence-corrected chi connectivity index (χ3v) is 6.52. The number of amides is 3. The van der Waals surface area contributed by atoms with E-state index in [-0.39, 0.29) is 26.4 Å². The third kappa shape index (κ3) is 5.13. The number of hydrogen-bond acceptors (Lipinski definition) is 8. The van der Waals surface area contributed by atoms with Gasteiger partial charge in [0.05, 0.1) is 31.4 Å². The summed E-state index contributed by atoms with van der Waals surface area (Å²) in [5, 5.41) is 0. The summed E-state index contributed by atoms with van der Waals surface area (Å²) in [7, 11) is 1.53. The van der Waals surface area contributed by atoms with Crippen molar-refractivity contribution in [2.24, 2.45) is 0 Å². The summed E-state index contributed by atoms with van der Waals surface area (Å²) >= 11 is 0. The lowest BCUT2D eigenvalue weighted by Gasteiger charge is -2.28. The van der Waals surface area contributed by atoms with Crippen LogP contribution in [-0.4, -0.2) is 55.1 Å². The third-order valence-electron chi connectivity index (χ3n) is 6.52. The molecule has 0 spiro atoms. The van der Waals surface area contributed by atoms with Crippen LogP contribution < -0.4 is 19.1 Å². The minimum Gasteiger partial charge on any atom is -0.497 e. The largest absolute Gasteiger partial charge is 0.497 e. The van der Waals surface area contributed by atoms with E-state index >= 15 is 0 Å². The molecule has 3 aromatic rings. The molecular formula is C29H26N2O8.